The van der Waals surface area contributed by atoms with Crippen LogP contribution in [0.5, 0.6) is 0 Å². The second-order valence-electron chi connectivity index (χ2n) is 5.22. The average molecular weight is 317 g/mol. The topological polar surface area (TPSA) is 12.0 Å². The Hall–Kier alpha value is -0.0500. The van der Waals surface area contributed by atoms with E-state index < -0.39 is 0 Å². The largest absolute Gasteiger partial charge is 0.307 e. The first-order valence-corrected chi connectivity index (χ1v) is 7.45. The molecule has 0 atom stereocenters. The van der Waals surface area contributed by atoms with Gasteiger partial charge in [-0.05, 0) is 53.4 Å². The molecule has 1 aromatic carbocycles. The van der Waals surface area contributed by atoms with Gasteiger partial charge in [-0.2, -0.15) is 0 Å². The lowest BCUT2D eigenvalue weighted by atomic mass is 9.83. The van der Waals surface area contributed by atoms with Crippen LogP contribution in [0.3, 0.4) is 0 Å². The Morgan fingerprint density at radius 2 is 2.00 bits per heavy atom. The van der Waals surface area contributed by atoms with Crippen molar-refractivity contribution in [3.63, 3.8) is 0 Å². The van der Waals surface area contributed by atoms with E-state index in [0.29, 0.717) is 5.54 Å². The van der Waals surface area contributed by atoms with E-state index in [0.717, 1.165) is 16.0 Å². The zero-order valence-corrected chi connectivity index (χ0v) is 12.6. The van der Waals surface area contributed by atoms with Crippen LogP contribution < -0.4 is 5.32 Å². The quantitative estimate of drug-likeness (QED) is 0.835. The molecule has 1 N–H and O–H groups in total. The lowest BCUT2D eigenvalue weighted by Gasteiger charge is -2.34. The minimum atomic E-state index is 0.324. The second kappa shape index (κ2) is 5.73. The summed E-state index contributed by atoms with van der Waals surface area (Å²) in [5, 5.41) is 4.47. The Balaban J connectivity index is 1.94. The molecule has 0 saturated heterocycles. The molecule has 1 aromatic rings. The van der Waals surface area contributed by atoms with Crippen molar-refractivity contribution < 1.29 is 0 Å². The highest BCUT2D eigenvalue weighted by molar-refractivity contribution is 9.10. The number of nitrogens with one attached hydrogen (secondary N) is 1. The third kappa shape index (κ3) is 3.70. The Morgan fingerprint density at radius 3 is 2.65 bits per heavy atom. The zero-order chi connectivity index (χ0) is 12.3. The summed E-state index contributed by atoms with van der Waals surface area (Å²) in [6, 6.07) is 6.14. The average Bonchev–Trinajstić information content (AvgIpc) is 2.32. The minimum absolute atomic E-state index is 0.324. The summed E-state index contributed by atoms with van der Waals surface area (Å²) in [6.07, 6.45) is 6.69. The van der Waals surface area contributed by atoms with E-state index in [9.17, 15) is 0 Å². The number of halogens is 2. The molecular formula is C14H19BrClN. The van der Waals surface area contributed by atoms with Crippen molar-refractivity contribution in [3.8, 4) is 0 Å². The fraction of sp³-hybridized carbons (Fsp3) is 0.571. The molecular weight excluding hydrogens is 298 g/mol. The van der Waals surface area contributed by atoms with Crippen molar-refractivity contribution in [2.45, 2.75) is 51.1 Å². The van der Waals surface area contributed by atoms with Gasteiger partial charge in [0.15, 0.2) is 0 Å². The maximum absolute atomic E-state index is 5.99. The summed E-state index contributed by atoms with van der Waals surface area (Å²) in [5.74, 6) is 0. The maximum atomic E-state index is 5.99. The van der Waals surface area contributed by atoms with E-state index in [4.69, 9.17) is 11.6 Å². The smallest absolute Gasteiger partial charge is 0.0548 e. The zero-order valence-electron chi connectivity index (χ0n) is 10.2. The highest BCUT2D eigenvalue weighted by Gasteiger charge is 2.25. The Bertz CT molecular complexity index is 386. The van der Waals surface area contributed by atoms with Crippen LogP contribution in [-0.2, 0) is 6.54 Å². The lowest BCUT2D eigenvalue weighted by Crippen LogP contribution is -2.43. The molecule has 0 unspecified atom stereocenters. The molecule has 1 fully saturated rings. The van der Waals surface area contributed by atoms with Gasteiger partial charge in [-0.1, -0.05) is 36.9 Å². The van der Waals surface area contributed by atoms with Crippen LogP contribution in [-0.4, -0.2) is 5.54 Å². The molecule has 94 valence electrons. The predicted octanol–water partition coefficient (Wildman–Crippen LogP) is 4.91. The summed E-state index contributed by atoms with van der Waals surface area (Å²) in [7, 11) is 0. The lowest BCUT2D eigenvalue weighted by molar-refractivity contribution is 0.252. The van der Waals surface area contributed by atoms with Gasteiger partial charge < -0.3 is 5.32 Å². The van der Waals surface area contributed by atoms with Gasteiger partial charge in [0.05, 0.1) is 5.02 Å². The highest BCUT2D eigenvalue weighted by atomic mass is 79.9. The molecule has 3 heteroatoms. The molecule has 1 aliphatic rings. The van der Waals surface area contributed by atoms with Gasteiger partial charge in [-0.3, -0.25) is 0 Å². The molecule has 0 aliphatic heterocycles. The van der Waals surface area contributed by atoms with Gasteiger partial charge in [0, 0.05) is 16.6 Å². The normalized spacial score (nSPS) is 19.2. The van der Waals surface area contributed by atoms with Crippen LogP contribution in [0.4, 0.5) is 0 Å². The Labute approximate surface area is 117 Å². The molecule has 0 heterocycles. The predicted molar refractivity (Wildman–Crippen MR) is 77.5 cm³/mol. The monoisotopic (exact) mass is 315 g/mol. The number of hydrogen-bond acceptors (Lipinski definition) is 1. The maximum Gasteiger partial charge on any atom is 0.0548 e. The van der Waals surface area contributed by atoms with Gasteiger partial charge in [0.25, 0.3) is 0 Å². The molecule has 0 radical (unpaired) electrons. The molecule has 0 spiro atoms. The number of hydrogen-bond donors (Lipinski definition) is 1. The van der Waals surface area contributed by atoms with Gasteiger partial charge in [0.2, 0.25) is 0 Å². The molecule has 1 nitrogen and oxygen atoms in total. The van der Waals surface area contributed by atoms with Gasteiger partial charge in [-0.25, -0.2) is 0 Å². The molecule has 0 bridgehead atoms. The highest BCUT2D eigenvalue weighted by Crippen LogP contribution is 2.28. The summed E-state index contributed by atoms with van der Waals surface area (Å²) in [6.45, 7) is 3.27. The van der Waals surface area contributed by atoms with Crippen LogP contribution in [0.1, 0.15) is 44.6 Å². The van der Waals surface area contributed by atoms with E-state index in [1.807, 2.05) is 6.07 Å². The molecule has 17 heavy (non-hydrogen) atoms. The summed E-state index contributed by atoms with van der Waals surface area (Å²) >= 11 is 9.46. The van der Waals surface area contributed by atoms with E-state index in [1.54, 1.807) is 0 Å². The molecule has 1 aliphatic carbocycles. The van der Waals surface area contributed by atoms with Crippen LogP contribution in [0.25, 0.3) is 0 Å². The summed E-state index contributed by atoms with van der Waals surface area (Å²) in [4.78, 5) is 0. The van der Waals surface area contributed by atoms with Crippen molar-refractivity contribution in [3.05, 3.63) is 33.3 Å². The number of benzene rings is 1. The fourth-order valence-electron chi connectivity index (χ4n) is 2.47. The first-order chi connectivity index (χ1) is 8.09. The SMILES string of the molecule is CC1(NCc2ccc(Cl)c(Br)c2)CCCCC1. The third-order valence-electron chi connectivity index (χ3n) is 3.66. The van der Waals surface area contributed by atoms with Crippen molar-refractivity contribution in [2.75, 3.05) is 0 Å². The van der Waals surface area contributed by atoms with E-state index in [2.05, 4.69) is 40.3 Å². The van der Waals surface area contributed by atoms with Crippen molar-refractivity contribution in [1.29, 1.82) is 0 Å². The van der Waals surface area contributed by atoms with E-state index in [-0.39, 0.29) is 0 Å². The molecule has 0 aromatic heterocycles. The van der Waals surface area contributed by atoms with Crippen LogP contribution >= 0.6 is 27.5 Å². The van der Waals surface area contributed by atoms with E-state index >= 15 is 0 Å². The minimum Gasteiger partial charge on any atom is -0.307 e. The third-order valence-corrected chi connectivity index (χ3v) is 4.87. The van der Waals surface area contributed by atoms with Crippen molar-refractivity contribution in [1.82, 2.24) is 5.32 Å². The molecule has 0 amide bonds. The summed E-state index contributed by atoms with van der Waals surface area (Å²) in [5.41, 5.74) is 1.61. The first kappa shape index (κ1) is 13.4. The van der Waals surface area contributed by atoms with Crippen molar-refractivity contribution >= 4 is 27.5 Å². The van der Waals surface area contributed by atoms with Crippen LogP contribution in [0, 0.1) is 0 Å². The number of rotatable bonds is 3. The first-order valence-electron chi connectivity index (χ1n) is 6.28. The molecule has 1 saturated carbocycles. The van der Waals surface area contributed by atoms with Gasteiger partial charge >= 0.3 is 0 Å². The molecule has 2 rings (SSSR count). The van der Waals surface area contributed by atoms with Gasteiger partial charge in [0.1, 0.15) is 0 Å². The standard InChI is InChI=1S/C14H19BrClN/c1-14(7-3-2-4-8-14)17-10-11-5-6-13(16)12(15)9-11/h5-6,9,17H,2-4,7-8,10H2,1H3. The van der Waals surface area contributed by atoms with Gasteiger partial charge in [-0.15, -0.1) is 0 Å². The van der Waals surface area contributed by atoms with E-state index in [1.165, 1.54) is 37.7 Å². The second-order valence-corrected chi connectivity index (χ2v) is 6.48. The summed E-state index contributed by atoms with van der Waals surface area (Å²) < 4.78 is 0.979. The van der Waals surface area contributed by atoms with Crippen LogP contribution in [0.2, 0.25) is 5.02 Å². The Morgan fingerprint density at radius 1 is 1.29 bits per heavy atom. The van der Waals surface area contributed by atoms with Crippen LogP contribution in [0.15, 0.2) is 22.7 Å². The van der Waals surface area contributed by atoms with Crippen molar-refractivity contribution in [2.24, 2.45) is 0 Å². The fourth-order valence-corrected chi connectivity index (χ4v) is 3.02. The Kier molecular flexibility index (Phi) is 4.51.